The maximum atomic E-state index is 9.54. The molecule has 0 aliphatic heterocycles. The molecule has 74 valence electrons. The van der Waals surface area contributed by atoms with Crippen molar-refractivity contribution < 1.29 is 5.11 Å². The second kappa shape index (κ2) is 3.33. The van der Waals surface area contributed by atoms with Crippen molar-refractivity contribution in [1.29, 1.82) is 0 Å². The minimum absolute atomic E-state index is 0.244. The molecule has 0 fully saturated rings. The number of nitrogens with one attached hydrogen (secondary N) is 1. The highest BCUT2D eigenvalue weighted by molar-refractivity contribution is 5.81. The largest absolute Gasteiger partial charge is 0.506 e. The van der Waals surface area contributed by atoms with Gasteiger partial charge in [0.05, 0.1) is 5.52 Å². The maximum Gasteiger partial charge on any atom is 0.143 e. The molecule has 0 amide bonds. The molecule has 0 aliphatic carbocycles. The topological polar surface area (TPSA) is 48.9 Å². The number of rotatable bonds is 2. The Morgan fingerprint density at radius 1 is 1.43 bits per heavy atom. The van der Waals surface area contributed by atoms with E-state index >= 15 is 0 Å². The second-order valence-corrected chi connectivity index (χ2v) is 3.95. The van der Waals surface area contributed by atoms with Crippen LogP contribution in [0.4, 0.5) is 0 Å². The molecule has 0 radical (unpaired) electrons. The van der Waals surface area contributed by atoms with Gasteiger partial charge < -0.3 is 10.1 Å². The van der Waals surface area contributed by atoms with E-state index in [9.17, 15) is 5.11 Å². The molecule has 0 saturated carbocycles. The highest BCUT2D eigenvalue weighted by Gasteiger charge is 2.07. The lowest BCUT2D eigenvalue weighted by Gasteiger charge is -1.98. The van der Waals surface area contributed by atoms with Crippen molar-refractivity contribution >= 4 is 11.0 Å². The van der Waals surface area contributed by atoms with Crippen LogP contribution in [0.15, 0.2) is 18.2 Å². The number of phenolic OH excluding ortho intramolecular Hbond substituents is 1. The summed E-state index contributed by atoms with van der Waals surface area (Å²) in [6.45, 7) is 4.29. The molecular weight excluding hydrogens is 176 g/mol. The van der Waals surface area contributed by atoms with E-state index in [0.29, 0.717) is 11.4 Å². The molecule has 0 unspecified atom stereocenters. The Labute approximate surface area is 82.8 Å². The number of aromatic nitrogens is 2. The molecule has 1 aromatic carbocycles. The van der Waals surface area contributed by atoms with Crippen LogP contribution in [0.5, 0.6) is 5.75 Å². The van der Waals surface area contributed by atoms with E-state index in [1.54, 1.807) is 6.07 Å². The summed E-state index contributed by atoms with van der Waals surface area (Å²) in [5.74, 6) is 1.75. The van der Waals surface area contributed by atoms with E-state index in [4.69, 9.17) is 0 Å². The van der Waals surface area contributed by atoms with Crippen molar-refractivity contribution in [2.75, 3.05) is 0 Å². The average molecular weight is 190 g/mol. The predicted molar refractivity (Wildman–Crippen MR) is 56.3 cm³/mol. The number of aromatic amines is 1. The van der Waals surface area contributed by atoms with Gasteiger partial charge >= 0.3 is 0 Å². The first-order valence-electron chi connectivity index (χ1n) is 4.83. The van der Waals surface area contributed by atoms with Gasteiger partial charge in [0.25, 0.3) is 0 Å². The molecule has 3 nitrogen and oxygen atoms in total. The van der Waals surface area contributed by atoms with Crippen LogP contribution in [0.1, 0.15) is 19.7 Å². The fourth-order valence-corrected chi connectivity index (χ4v) is 1.55. The number of benzene rings is 1. The van der Waals surface area contributed by atoms with Gasteiger partial charge in [-0.05, 0) is 18.1 Å². The van der Waals surface area contributed by atoms with E-state index in [1.165, 1.54) is 0 Å². The maximum absolute atomic E-state index is 9.54. The SMILES string of the molecule is CC(C)Cc1nc2c(O)cccc2[nH]1. The van der Waals surface area contributed by atoms with Gasteiger partial charge in [-0.25, -0.2) is 4.98 Å². The van der Waals surface area contributed by atoms with E-state index in [0.717, 1.165) is 17.8 Å². The van der Waals surface area contributed by atoms with Crippen LogP contribution >= 0.6 is 0 Å². The Kier molecular flexibility index (Phi) is 2.15. The zero-order valence-electron chi connectivity index (χ0n) is 8.41. The van der Waals surface area contributed by atoms with Crippen LogP contribution in [-0.2, 0) is 6.42 Å². The molecule has 2 N–H and O–H groups in total. The van der Waals surface area contributed by atoms with Crippen molar-refractivity contribution in [2.24, 2.45) is 5.92 Å². The minimum Gasteiger partial charge on any atom is -0.506 e. The Morgan fingerprint density at radius 2 is 2.21 bits per heavy atom. The molecule has 14 heavy (non-hydrogen) atoms. The fourth-order valence-electron chi connectivity index (χ4n) is 1.55. The number of hydrogen-bond donors (Lipinski definition) is 2. The third-order valence-electron chi connectivity index (χ3n) is 2.14. The van der Waals surface area contributed by atoms with Crippen LogP contribution in [0.25, 0.3) is 11.0 Å². The normalized spacial score (nSPS) is 11.4. The number of hydrogen-bond acceptors (Lipinski definition) is 2. The smallest absolute Gasteiger partial charge is 0.143 e. The molecule has 1 heterocycles. The van der Waals surface area contributed by atoms with Crippen molar-refractivity contribution in [3.05, 3.63) is 24.0 Å². The van der Waals surface area contributed by atoms with Crippen molar-refractivity contribution in [3.63, 3.8) is 0 Å². The lowest BCUT2D eigenvalue weighted by molar-refractivity contribution is 0.480. The van der Waals surface area contributed by atoms with Crippen LogP contribution in [-0.4, -0.2) is 15.1 Å². The highest BCUT2D eigenvalue weighted by atomic mass is 16.3. The van der Waals surface area contributed by atoms with Crippen LogP contribution in [0.3, 0.4) is 0 Å². The number of nitrogens with zero attached hydrogens (tertiary/aromatic N) is 1. The minimum atomic E-state index is 0.244. The number of aromatic hydroxyl groups is 1. The van der Waals surface area contributed by atoms with E-state index in [-0.39, 0.29) is 5.75 Å². The zero-order chi connectivity index (χ0) is 10.1. The van der Waals surface area contributed by atoms with Gasteiger partial charge in [-0.15, -0.1) is 0 Å². The number of fused-ring (bicyclic) bond motifs is 1. The molecule has 0 atom stereocenters. The lowest BCUT2D eigenvalue weighted by Crippen LogP contribution is -1.95. The first-order chi connectivity index (χ1) is 6.66. The zero-order valence-corrected chi connectivity index (χ0v) is 8.41. The third-order valence-corrected chi connectivity index (χ3v) is 2.14. The summed E-state index contributed by atoms with van der Waals surface area (Å²) in [4.78, 5) is 7.54. The highest BCUT2D eigenvalue weighted by Crippen LogP contribution is 2.22. The quantitative estimate of drug-likeness (QED) is 0.764. The fraction of sp³-hybridized carbons (Fsp3) is 0.364. The summed E-state index contributed by atoms with van der Waals surface area (Å²) < 4.78 is 0. The lowest BCUT2D eigenvalue weighted by atomic mass is 10.1. The number of phenols is 1. The molecule has 0 bridgehead atoms. The van der Waals surface area contributed by atoms with Crippen LogP contribution in [0, 0.1) is 5.92 Å². The van der Waals surface area contributed by atoms with E-state index < -0.39 is 0 Å². The first-order valence-corrected chi connectivity index (χ1v) is 4.83. The molecule has 2 aromatic rings. The average Bonchev–Trinajstić information content (AvgIpc) is 2.47. The molecule has 1 aromatic heterocycles. The Morgan fingerprint density at radius 3 is 2.86 bits per heavy atom. The van der Waals surface area contributed by atoms with Gasteiger partial charge in [0.15, 0.2) is 0 Å². The summed E-state index contributed by atoms with van der Waals surface area (Å²) in [5.41, 5.74) is 1.57. The molecule has 0 spiro atoms. The second-order valence-electron chi connectivity index (χ2n) is 3.95. The van der Waals surface area contributed by atoms with Crippen LogP contribution in [0.2, 0.25) is 0 Å². The van der Waals surface area contributed by atoms with Crippen molar-refractivity contribution in [1.82, 2.24) is 9.97 Å². The van der Waals surface area contributed by atoms with Gasteiger partial charge in [-0.1, -0.05) is 19.9 Å². The van der Waals surface area contributed by atoms with Gasteiger partial charge in [0, 0.05) is 6.42 Å². The molecule has 2 rings (SSSR count). The molecule has 0 aliphatic rings. The number of H-pyrrole nitrogens is 1. The van der Waals surface area contributed by atoms with Crippen molar-refractivity contribution in [3.8, 4) is 5.75 Å². The molecule has 0 saturated heterocycles. The van der Waals surface area contributed by atoms with Crippen LogP contribution < -0.4 is 0 Å². The third kappa shape index (κ3) is 1.58. The number of para-hydroxylation sites is 1. The number of imidazole rings is 1. The monoisotopic (exact) mass is 190 g/mol. The van der Waals surface area contributed by atoms with Gasteiger partial charge in [-0.3, -0.25) is 0 Å². The molecular formula is C11H14N2O. The van der Waals surface area contributed by atoms with Crippen molar-refractivity contribution in [2.45, 2.75) is 20.3 Å². The van der Waals surface area contributed by atoms with E-state index in [2.05, 4.69) is 23.8 Å². The predicted octanol–water partition coefficient (Wildman–Crippen LogP) is 2.47. The summed E-state index contributed by atoms with van der Waals surface area (Å²) in [6, 6.07) is 5.39. The Hall–Kier alpha value is -1.51. The van der Waals surface area contributed by atoms with E-state index in [1.807, 2.05) is 12.1 Å². The molecule has 3 heteroatoms. The summed E-state index contributed by atoms with van der Waals surface area (Å²) in [6.07, 6.45) is 0.911. The Bertz CT molecular complexity index is 445. The summed E-state index contributed by atoms with van der Waals surface area (Å²) in [7, 11) is 0. The van der Waals surface area contributed by atoms with Gasteiger partial charge in [0.2, 0.25) is 0 Å². The van der Waals surface area contributed by atoms with Gasteiger partial charge in [0.1, 0.15) is 17.1 Å². The Balaban J connectivity index is 2.46. The van der Waals surface area contributed by atoms with Gasteiger partial charge in [-0.2, -0.15) is 0 Å². The standard InChI is InChI=1S/C11H14N2O/c1-7(2)6-10-12-8-4-3-5-9(14)11(8)13-10/h3-5,7,14H,6H2,1-2H3,(H,12,13). The summed E-state index contributed by atoms with van der Waals surface area (Å²) >= 11 is 0. The summed E-state index contributed by atoms with van der Waals surface area (Å²) in [5, 5.41) is 9.54. The first kappa shape index (κ1) is 9.06.